The number of anilines is 1. The third-order valence-electron chi connectivity index (χ3n) is 6.08. The first-order valence-electron chi connectivity index (χ1n) is 11.5. The topological polar surface area (TPSA) is 162 Å². The summed E-state index contributed by atoms with van der Waals surface area (Å²) in [6, 6.07) is 8.48. The van der Waals surface area contributed by atoms with Gasteiger partial charge in [0.1, 0.15) is 53.6 Å². The van der Waals surface area contributed by atoms with Crippen LogP contribution < -0.4 is 5.32 Å². The van der Waals surface area contributed by atoms with Crippen LogP contribution in [0.2, 0.25) is 5.02 Å². The van der Waals surface area contributed by atoms with Crippen LogP contribution in [0, 0.1) is 11.2 Å². The van der Waals surface area contributed by atoms with Gasteiger partial charge in [0.05, 0.1) is 33.6 Å². The number of aromatic nitrogens is 4. The van der Waals surface area contributed by atoms with Crippen molar-refractivity contribution in [2.24, 2.45) is 4.99 Å². The van der Waals surface area contributed by atoms with Gasteiger partial charge >= 0.3 is 0 Å². The molecule has 198 valence electrons. The Hall–Kier alpha value is -3.33. The monoisotopic (exact) mass is 559 g/mol. The largest absolute Gasteiger partial charge is 0.394 e. The van der Waals surface area contributed by atoms with Crippen molar-refractivity contribution in [3.05, 3.63) is 58.9 Å². The SMILES string of the molecule is CC(=N)/N=C(\Nc1ccc2ncsc2c1)[C@@H]1O[C@H](CO)[C@H](O)[C@H](n2cc(-c3ccc(Cl)c(F)c3)nn2)[C@H]1O. The van der Waals surface area contributed by atoms with E-state index < -0.39 is 42.9 Å². The van der Waals surface area contributed by atoms with E-state index in [1.165, 1.54) is 41.3 Å². The average molecular weight is 560 g/mol. The molecule has 1 aliphatic heterocycles. The lowest BCUT2D eigenvalue weighted by Gasteiger charge is -2.42. The minimum absolute atomic E-state index is 0.0413. The summed E-state index contributed by atoms with van der Waals surface area (Å²) in [4.78, 5) is 8.49. The number of hydrogen-bond acceptors (Lipinski definition) is 9. The number of aliphatic hydroxyl groups excluding tert-OH is 3. The Morgan fingerprint density at radius 2 is 2.08 bits per heavy atom. The molecule has 38 heavy (non-hydrogen) atoms. The Balaban J connectivity index is 1.48. The molecule has 5 rings (SSSR count). The Bertz CT molecular complexity index is 1510. The number of amidine groups is 2. The van der Waals surface area contributed by atoms with Gasteiger partial charge < -0.3 is 25.4 Å². The van der Waals surface area contributed by atoms with E-state index >= 15 is 0 Å². The molecule has 0 amide bonds. The molecule has 2 aromatic heterocycles. The van der Waals surface area contributed by atoms with Crippen molar-refractivity contribution in [1.29, 1.82) is 5.41 Å². The molecule has 4 aromatic rings. The molecule has 5 N–H and O–H groups in total. The van der Waals surface area contributed by atoms with Crippen LogP contribution in [0.1, 0.15) is 13.0 Å². The summed E-state index contributed by atoms with van der Waals surface area (Å²) < 4.78 is 22.0. The molecule has 1 fully saturated rings. The molecule has 0 saturated carbocycles. The zero-order valence-electron chi connectivity index (χ0n) is 19.9. The maximum atomic E-state index is 14.0. The summed E-state index contributed by atoms with van der Waals surface area (Å²) in [7, 11) is 0. The van der Waals surface area contributed by atoms with E-state index in [2.05, 4.69) is 25.6 Å². The van der Waals surface area contributed by atoms with Crippen molar-refractivity contribution in [3.8, 4) is 11.3 Å². The summed E-state index contributed by atoms with van der Waals surface area (Å²) in [6.45, 7) is 0.905. The van der Waals surface area contributed by atoms with E-state index in [4.69, 9.17) is 21.7 Å². The summed E-state index contributed by atoms with van der Waals surface area (Å²) in [5, 5.41) is 51.4. The highest BCUT2D eigenvalue weighted by atomic mass is 35.5. The van der Waals surface area contributed by atoms with Crippen LogP contribution in [-0.2, 0) is 4.74 Å². The first-order valence-corrected chi connectivity index (χ1v) is 12.7. The van der Waals surface area contributed by atoms with Gasteiger partial charge in [-0.05, 0) is 37.3 Å². The minimum atomic E-state index is -1.43. The van der Waals surface area contributed by atoms with Crippen LogP contribution in [0.25, 0.3) is 21.5 Å². The van der Waals surface area contributed by atoms with E-state index in [0.717, 1.165) is 10.2 Å². The van der Waals surface area contributed by atoms with Gasteiger partial charge in [0.15, 0.2) is 0 Å². The highest BCUT2D eigenvalue weighted by Gasteiger charge is 2.48. The molecule has 0 spiro atoms. The summed E-state index contributed by atoms with van der Waals surface area (Å²) in [5.74, 6) is -0.585. The van der Waals surface area contributed by atoms with Crippen molar-refractivity contribution >= 4 is 50.5 Å². The Morgan fingerprint density at radius 3 is 2.82 bits per heavy atom. The standard InChI is InChI=1S/C24H23ClFN7O4S/c1-11(27)29-24(30-13-3-5-16-19(7-13)38-10-28-16)23-22(36)20(21(35)18(9-34)37-23)33-8-17(31-32-33)12-2-4-14(25)15(26)6-12/h2-8,10,18,20-23,34-36H,9H2,1H3,(H2,27,29,30)/t18-,20+,21+,22-,23-/m1/s1. The van der Waals surface area contributed by atoms with Crippen molar-refractivity contribution in [2.75, 3.05) is 11.9 Å². The van der Waals surface area contributed by atoms with E-state index in [1.807, 2.05) is 12.1 Å². The molecule has 0 radical (unpaired) electrons. The van der Waals surface area contributed by atoms with Crippen molar-refractivity contribution in [1.82, 2.24) is 20.0 Å². The van der Waals surface area contributed by atoms with Gasteiger partial charge in [-0.3, -0.25) is 5.41 Å². The molecule has 1 saturated heterocycles. The Morgan fingerprint density at radius 1 is 1.26 bits per heavy atom. The van der Waals surface area contributed by atoms with Crippen LogP contribution in [-0.4, -0.2) is 78.0 Å². The summed E-state index contributed by atoms with van der Waals surface area (Å²) in [6.07, 6.45) is -3.66. The van der Waals surface area contributed by atoms with E-state index in [1.54, 1.807) is 17.6 Å². The number of aliphatic hydroxyl groups is 3. The van der Waals surface area contributed by atoms with Gasteiger partial charge in [0.2, 0.25) is 0 Å². The lowest BCUT2D eigenvalue weighted by molar-refractivity contribution is -0.185. The van der Waals surface area contributed by atoms with Gasteiger partial charge in [0.25, 0.3) is 0 Å². The molecule has 11 nitrogen and oxygen atoms in total. The highest BCUT2D eigenvalue weighted by molar-refractivity contribution is 7.16. The molecule has 0 unspecified atom stereocenters. The van der Waals surface area contributed by atoms with Crippen molar-refractivity contribution in [2.45, 2.75) is 37.4 Å². The fraction of sp³-hybridized carbons (Fsp3) is 0.292. The smallest absolute Gasteiger partial charge is 0.144 e. The number of halogens is 2. The number of nitrogens with zero attached hydrogens (tertiary/aromatic N) is 5. The molecular weight excluding hydrogens is 537 g/mol. The van der Waals surface area contributed by atoms with Gasteiger partial charge in [-0.2, -0.15) is 0 Å². The van der Waals surface area contributed by atoms with Crippen LogP contribution in [0.15, 0.2) is 53.1 Å². The normalized spacial score (nSPS) is 24.1. The van der Waals surface area contributed by atoms with E-state index in [-0.39, 0.29) is 22.4 Å². The second-order valence-corrected chi connectivity index (χ2v) is 10.00. The van der Waals surface area contributed by atoms with Crippen LogP contribution >= 0.6 is 22.9 Å². The van der Waals surface area contributed by atoms with Gasteiger partial charge in [0, 0.05) is 11.3 Å². The van der Waals surface area contributed by atoms with Gasteiger partial charge in [-0.25, -0.2) is 19.0 Å². The molecule has 14 heteroatoms. The second-order valence-electron chi connectivity index (χ2n) is 8.70. The van der Waals surface area contributed by atoms with Crippen molar-refractivity contribution < 1.29 is 24.4 Å². The Kier molecular flexibility index (Phi) is 7.47. The van der Waals surface area contributed by atoms with E-state index in [0.29, 0.717) is 11.3 Å². The summed E-state index contributed by atoms with van der Waals surface area (Å²) in [5.41, 5.74) is 3.84. The van der Waals surface area contributed by atoms with Crippen LogP contribution in [0.3, 0.4) is 0 Å². The number of nitrogens with one attached hydrogen (secondary N) is 2. The maximum Gasteiger partial charge on any atom is 0.144 e. The quantitative estimate of drug-likeness (QED) is 0.184. The fourth-order valence-corrected chi connectivity index (χ4v) is 5.11. The first-order chi connectivity index (χ1) is 18.2. The van der Waals surface area contributed by atoms with Gasteiger partial charge in [-0.15, -0.1) is 16.4 Å². The zero-order valence-corrected chi connectivity index (χ0v) is 21.4. The number of aliphatic imine (C=N–C) groups is 1. The second kappa shape index (κ2) is 10.8. The fourth-order valence-electron chi connectivity index (χ4n) is 4.27. The van der Waals surface area contributed by atoms with Gasteiger partial charge in [-0.1, -0.05) is 22.9 Å². The number of thiazole rings is 1. The molecule has 2 aromatic carbocycles. The summed E-state index contributed by atoms with van der Waals surface area (Å²) >= 11 is 7.23. The third kappa shape index (κ3) is 5.16. The number of ether oxygens (including phenoxy) is 1. The van der Waals surface area contributed by atoms with Crippen LogP contribution in [0.5, 0.6) is 0 Å². The van der Waals surface area contributed by atoms with Crippen molar-refractivity contribution in [3.63, 3.8) is 0 Å². The first kappa shape index (κ1) is 26.3. The molecule has 1 aliphatic rings. The molecule has 0 aliphatic carbocycles. The predicted molar refractivity (Wildman–Crippen MR) is 141 cm³/mol. The third-order valence-corrected chi connectivity index (χ3v) is 7.18. The zero-order chi connectivity index (χ0) is 27.0. The number of hydrogen-bond donors (Lipinski definition) is 5. The lowest BCUT2D eigenvalue weighted by Crippen LogP contribution is -2.59. The Labute approximate surface area is 224 Å². The van der Waals surface area contributed by atoms with E-state index in [9.17, 15) is 19.7 Å². The highest BCUT2D eigenvalue weighted by Crippen LogP contribution is 2.33. The molecule has 3 heterocycles. The predicted octanol–water partition coefficient (Wildman–Crippen LogP) is 2.88. The minimum Gasteiger partial charge on any atom is -0.394 e. The average Bonchev–Trinajstić information content (AvgIpc) is 3.55. The van der Waals surface area contributed by atoms with Crippen LogP contribution in [0.4, 0.5) is 10.1 Å². The maximum absolute atomic E-state index is 14.0. The molecular formula is C24H23ClFN7O4S. The lowest BCUT2D eigenvalue weighted by atomic mass is 9.91. The number of rotatable bonds is 5. The molecule has 0 bridgehead atoms. The molecule has 5 atom stereocenters. The number of benzene rings is 2. The number of fused-ring (bicyclic) bond motifs is 1.